The molecule has 0 radical (unpaired) electrons. The fourth-order valence-corrected chi connectivity index (χ4v) is 0.929. The zero-order valence-corrected chi connectivity index (χ0v) is 7.49. The molecule has 0 amide bonds. The molecule has 0 saturated heterocycles. The van der Waals surface area contributed by atoms with Gasteiger partial charge in [0.15, 0.2) is 0 Å². The van der Waals surface area contributed by atoms with Gasteiger partial charge >= 0.3 is 5.97 Å². The van der Waals surface area contributed by atoms with E-state index in [-0.39, 0.29) is 12.6 Å². The van der Waals surface area contributed by atoms with Gasteiger partial charge in [-0.15, -0.1) is 0 Å². The van der Waals surface area contributed by atoms with Crippen molar-refractivity contribution in [3.63, 3.8) is 0 Å². The number of aliphatic hydroxyl groups excluding tert-OH is 1. The Morgan fingerprint density at radius 2 is 2.08 bits per heavy atom. The average Bonchev–Trinajstić information content (AvgIpc) is 2.93. The Labute approximate surface area is 77.1 Å². The van der Waals surface area contributed by atoms with Crippen LogP contribution >= 0.6 is 0 Å². The van der Waals surface area contributed by atoms with Crippen LogP contribution in [0.15, 0.2) is 12.0 Å². The summed E-state index contributed by atoms with van der Waals surface area (Å²) in [5.41, 5.74) is 0. The quantitative estimate of drug-likeness (QED) is 0.475. The molecule has 0 spiro atoms. The highest BCUT2D eigenvalue weighted by Gasteiger charge is 2.21. The summed E-state index contributed by atoms with van der Waals surface area (Å²) < 4.78 is 9.40. The smallest absolute Gasteiger partial charge is 0.377 e. The van der Waals surface area contributed by atoms with Gasteiger partial charge in [-0.25, -0.2) is 4.79 Å². The second-order valence-corrected chi connectivity index (χ2v) is 2.87. The van der Waals surface area contributed by atoms with E-state index in [1.165, 1.54) is 6.26 Å². The van der Waals surface area contributed by atoms with Crippen molar-refractivity contribution in [3.8, 4) is 0 Å². The average molecular weight is 186 g/mol. The maximum atomic E-state index is 10.8. The van der Waals surface area contributed by atoms with Gasteiger partial charge in [-0.05, 0) is 19.3 Å². The summed E-state index contributed by atoms with van der Waals surface area (Å²) in [5, 5.41) is 8.48. The van der Waals surface area contributed by atoms with Crippen LogP contribution in [0, 0.1) is 0 Å². The van der Waals surface area contributed by atoms with Crippen LogP contribution in [0.2, 0.25) is 0 Å². The summed E-state index contributed by atoms with van der Waals surface area (Å²) in [6.45, 7) is 0.672. The highest BCUT2D eigenvalue weighted by atomic mass is 16.6. The van der Waals surface area contributed by atoms with Crippen molar-refractivity contribution in [3.05, 3.63) is 12.0 Å². The number of aliphatic hydroxyl groups is 1. The van der Waals surface area contributed by atoms with E-state index in [0.717, 1.165) is 25.7 Å². The van der Waals surface area contributed by atoms with E-state index >= 15 is 0 Å². The van der Waals surface area contributed by atoms with E-state index in [2.05, 4.69) is 4.74 Å². The summed E-state index contributed by atoms with van der Waals surface area (Å²) in [6, 6.07) is 0. The Morgan fingerprint density at radius 3 is 2.69 bits per heavy atom. The van der Waals surface area contributed by atoms with Crippen molar-refractivity contribution in [2.24, 2.45) is 0 Å². The molecule has 13 heavy (non-hydrogen) atoms. The van der Waals surface area contributed by atoms with Crippen LogP contribution in [-0.2, 0) is 14.3 Å². The zero-order chi connectivity index (χ0) is 9.52. The SMILES string of the molecule is O=C(OCCCCCCO)C1=CO1. The maximum absolute atomic E-state index is 10.8. The van der Waals surface area contributed by atoms with E-state index in [1.807, 2.05) is 0 Å². The van der Waals surface area contributed by atoms with Crippen LogP contribution in [0.5, 0.6) is 0 Å². The molecular formula is C9H14O4. The van der Waals surface area contributed by atoms with Crippen molar-refractivity contribution < 1.29 is 19.4 Å². The van der Waals surface area contributed by atoms with Crippen LogP contribution in [0.4, 0.5) is 0 Å². The molecule has 0 bridgehead atoms. The fraction of sp³-hybridized carbons (Fsp3) is 0.667. The lowest BCUT2D eigenvalue weighted by atomic mass is 10.2. The second-order valence-electron chi connectivity index (χ2n) is 2.87. The first kappa shape index (κ1) is 10.1. The summed E-state index contributed by atoms with van der Waals surface area (Å²) in [5.74, 6) is -0.0579. The lowest BCUT2D eigenvalue weighted by Gasteiger charge is -2.00. The highest BCUT2D eigenvalue weighted by Crippen LogP contribution is 2.14. The lowest BCUT2D eigenvalue weighted by molar-refractivity contribution is -0.140. The predicted octanol–water partition coefficient (Wildman–Crippen LogP) is 0.954. The van der Waals surface area contributed by atoms with Crippen LogP contribution in [0.1, 0.15) is 25.7 Å². The van der Waals surface area contributed by atoms with Gasteiger partial charge in [0.2, 0.25) is 5.76 Å². The van der Waals surface area contributed by atoms with Gasteiger partial charge in [0.1, 0.15) is 6.26 Å². The number of ether oxygens (including phenoxy) is 2. The molecule has 0 atom stereocenters. The predicted molar refractivity (Wildman–Crippen MR) is 45.7 cm³/mol. The number of hydrogen-bond acceptors (Lipinski definition) is 4. The molecule has 0 saturated carbocycles. The summed E-state index contributed by atoms with van der Waals surface area (Å²) in [7, 11) is 0. The van der Waals surface area contributed by atoms with Gasteiger partial charge in [-0.1, -0.05) is 6.42 Å². The monoisotopic (exact) mass is 186 g/mol. The zero-order valence-electron chi connectivity index (χ0n) is 7.49. The largest absolute Gasteiger partial charge is 0.460 e. The topological polar surface area (TPSA) is 59.1 Å². The molecule has 4 nitrogen and oxygen atoms in total. The molecule has 1 rings (SSSR count). The normalized spacial score (nSPS) is 13.2. The van der Waals surface area contributed by atoms with Crippen LogP contribution in [0.25, 0.3) is 0 Å². The Kier molecular flexibility index (Phi) is 4.32. The first-order chi connectivity index (χ1) is 6.34. The number of hydrogen-bond donors (Lipinski definition) is 1. The minimum Gasteiger partial charge on any atom is -0.460 e. The molecule has 0 aromatic heterocycles. The third-order valence-electron chi connectivity index (χ3n) is 1.72. The molecule has 4 heteroatoms. The summed E-state index contributed by atoms with van der Waals surface area (Å²) >= 11 is 0. The summed E-state index contributed by atoms with van der Waals surface area (Å²) in [6.07, 6.45) is 5.00. The van der Waals surface area contributed by atoms with Gasteiger partial charge in [0.05, 0.1) is 6.61 Å². The van der Waals surface area contributed by atoms with Crippen molar-refractivity contribution >= 4 is 5.97 Å². The third kappa shape index (κ3) is 4.52. The van der Waals surface area contributed by atoms with E-state index < -0.39 is 0 Å². The molecule has 1 aliphatic heterocycles. The number of carbonyl (C=O) groups excluding carboxylic acids is 1. The van der Waals surface area contributed by atoms with Gasteiger partial charge in [-0.3, -0.25) is 0 Å². The van der Waals surface area contributed by atoms with Crippen molar-refractivity contribution in [1.82, 2.24) is 0 Å². The van der Waals surface area contributed by atoms with Gasteiger partial charge in [0, 0.05) is 6.61 Å². The molecule has 0 aromatic carbocycles. The molecule has 1 aliphatic rings. The fourth-order valence-electron chi connectivity index (χ4n) is 0.929. The molecule has 74 valence electrons. The molecule has 1 N–H and O–H groups in total. The van der Waals surface area contributed by atoms with E-state index in [9.17, 15) is 4.79 Å². The maximum Gasteiger partial charge on any atom is 0.377 e. The Balaban J connectivity index is 1.83. The standard InChI is InChI=1S/C9H14O4/c10-5-3-1-2-4-6-12-9(11)8-7-13-8/h7,10H,1-6H2. The highest BCUT2D eigenvalue weighted by molar-refractivity contribution is 5.88. The number of esters is 1. The molecule has 1 heterocycles. The minimum atomic E-state index is -0.373. The first-order valence-electron chi connectivity index (χ1n) is 4.49. The van der Waals surface area contributed by atoms with Gasteiger partial charge in [0.25, 0.3) is 0 Å². The number of unbranched alkanes of at least 4 members (excludes halogenated alkanes) is 3. The van der Waals surface area contributed by atoms with Gasteiger partial charge < -0.3 is 14.6 Å². The van der Waals surface area contributed by atoms with Crippen LogP contribution < -0.4 is 0 Å². The summed E-state index contributed by atoms with van der Waals surface area (Å²) in [4.78, 5) is 10.8. The first-order valence-corrected chi connectivity index (χ1v) is 4.49. The van der Waals surface area contributed by atoms with Gasteiger partial charge in [-0.2, -0.15) is 0 Å². The molecular weight excluding hydrogens is 172 g/mol. The number of rotatable bonds is 7. The lowest BCUT2D eigenvalue weighted by Crippen LogP contribution is -2.04. The van der Waals surface area contributed by atoms with E-state index in [4.69, 9.17) is 9.84 Å². The molecule has 0 unspecified atom stereocenters. The minimum absolute atomic E-state index is 0.237. The van der Waals surface area contributed by atoms with Crippen LogP contribution in [-0.4, -0.2) is 24.3 Å². The molecule has 0 aromatic rings. The Morgan fingerprint density at radius 1 is 1.38 bits per heavy atom. The number of carbonyl (C=O) groups is 1. The molecule has 0 fully saturated rings. The van der Waals surface area contributed by atoms with Crippen molar-refractivity contribution in [1.29, 1.82) is 0 Å². The van der Waals surface area contributed by atoms with E-state index in [0.29, 0.717) is 12.4 Å². The van der Waals surface area contributed by atoms with Crippen LogP contribution in [0.3, 0.4) is 0 Å². The van der Waals surface area contributed by atoms with E-state index in [1.54, 1.807) is 0 Å². The Hall–Kier alpha value is -1.03. The van der Waals surface area contributed by atoms with Crippen molar-refractivity contribution in [2.75, 3.05) is 13.2 Å². The third-order valence-corrected chi connectivity index (χ3v) is 1.72. The van der Waals surface area contributed by atoms with Crippen molar-refractivity contribution in [2.45, 2.75) is 25.7 Å². The molecule has 0 aliphatic carbocycles. The Bertz CT molecular complexity index is 198. The second kappa shape index (κ2) is 5.59.